The Morgan fingerprint density at radius 2 is 1.88 bits per heavy atom. The summed E-state index contributed by atoms with van der Waals surface area (Å²) in [5.74, 6) is -0.593. The third-order valence-electron chi connectivity index (χ3n) is 2.10. The molecule has 1 aromatic rings. The van der Waals surface area contributed by atoms with E-state index in [-0.39, 0.29) is 24.4 Å². The Labute approximate surface area is 111 Å². The Hall–Kier alpha value is -0.330. The molecule has 0 saturated carbocycles. The maximum atomic E-state index is 13.3. The van der Waals surface area contributed by atoms with E-state index in [1.165, 1.54) is 12.1 Å². The van der Waals surface area contributed by atoms with Gasteiger partial charge >= 0.3 is 6.18 Å². The molecule has 17 heavy (non-hydrogen) atoms. The van der Waals surface area contributed by atoms with E-state index in [1.807, 2.05) is 0 Å². The van der Waals surface area contributed by atoms with Gasteiger partial charge in [0.1, 0.15) is 5.82 Å². The van der Waals surface area contributed by atoms with Crippen molar-refractivity contribution in [2.75, 3.05) is 0 Å². The summed E-state index contributed by atoms with van der Waals surface area (Å²) in [5.41, 5.74) is 5.60. The molecule has 0 unspecified atom stereocenters. The van der Waals surface area contributed by atoms with E-state index in [0.29, 0.717) is 4.47 Å². The zero-order valence-electron chi connectivity index (χ0n) is 8.60. The molecule has 0 aromatic heterocycles. The van der Waals surface area contributed by atoms with Crippen molar-refractivity contribution in [3.8, 4) is 0 Å². The monoisotopic (exact) mass is 335 g/mol. The quantitative estimate of drug-likeness (QED) is 0.816. The third-order valence-corrected chi connectivity index (χ3v) is 2.59. The largest absolute Gasteiger partial charge is 0.389 e. The highest BCUT2D eigenvalue weighted by atomic mass is 79.9. The molecule has 0 saturated heterocycles. The number of hydrogen-bond donors (Lipinski definition) is 1. The SMILES string of the molecule is Cl.N[C@H](CCC(F)(F)F)c1ccc(Br)cc1F. The lowest BCUT2D eigenvalue weighted by atomic mass is 10.0. The summed E-state index contributed by atoms with van der Waals surface area (Å²) in [6.45, 7) is 0. The lowest BCUT2D eigenvalue weighted by molar-refractivity contribution is -0.136. The lowest BCUT2D eigenvalue weighted by Crippen LogP contribution is -2.16. The molecule has 1 nitrogen and oxygen atoms in total. The van der Waals surface area contributed by atoms with Crippen molar-refractivity contribution in [2.24, 2.45) is 5.73 Å². The van der Waals surface area contributed by atoms with E-state index >= 15 is 0 Å². The molecule has 0 heterocycles. The average molecular weight is 337 g/mol. The van der Waals surface area contributed by atoms with Gasteiger partial charge in [0.2, 0.25) is 0 Å². The number of benzene rings is 1. The highest BCUT2D eigenvalue weighted by Crippen LogP contribution is 2.28. The first-order valence-electron chi connectivity index (χ1n) is 4.57. The number of rotatable bonds is 3. The zero-order valence-corrected chi connectivity index (χ0v) is 11.0. The minimum atomic E-state index is -4.26. The molecule has 98 valence electrons. The zero-order chi connectivity index (χ0) is 12.3. The molecule has 1 atom stereocenters. The van der Waals surface area contributed by atoms with Crippen LogP contribution in [0.25, 0.3) is 0 Å². The van der Waals surface area contributed by atoms with E-state index in [1.54, 1.807) is 6.07 Å². The Kier molecular flexibility index (Phi) is 6.43. The fraction of sp³-hybridized carbons (Fsp3) is 0.400. The number of halogens is 6. The maximum absolute atomic E-state index is 13.3. The van der Waals surface area contributed by atoms with Crippen molar-refractivity contribution in [1.29, 1.82) is 0 Å². The predicted octanol–water partition coefficient (Wildman–Crippen LogP) is 4.35. The average Bonchev–Trinajstić information content (AvgIpc) is 2.13. The number of nitrogens with two attached hydrogens (primary N) is 1. The van der Waals surface area contributed by atoms with Crippen LogP contribution in [-0.4, -0.2) is 6.18 Å². The molecule has 0 aliphatic rings. The molecule has 0 aliphatic carbocycles. The van der Waals surface area contributed by atoms with Gasteiger partial charge in [-0.3, -0.25) is 0 Å². The molecule has 0 spiro atoms. The molecule has 1 rings (SSSR count). The molecule has 0 amide bonds. The van der Waals surface area contributed by atoms with Crippen LogP contribution >= 0.6 is 28.3 Å². The van der Waals surface area contributed by atoms with Gasteiger partial charge in [-0.1, -0.05) is 22.0 Å². The van der Waals surface area contributed by atoms with Gasteiger partial charge in [-0.15, -0.1) is 12.4 Å². The van der Waals surface area contributed by atoms with Gasteiger partial charge in [0, 0.05) is 22.5 Å². The fourth-order valence-corrected chi connectivity index (χ4v) is 1.61. The summed E-state index contributed by atoms with van der Waals surface area (Å²) in [6.07, 6.45) is -5.59. The van der Waals surface area contributed by atoms with Crippen molar-refractivity contribution in [3.05, 3.63) is 34.1 Å². The molecule has 0 aliphatic heterocycles. The fourth-order valence-electron chi connectivity index (χ4n) is 1.28. The first-order chi connectivity index (χ1) is 7.29. The van der Waals surface area contributed by atoms with Crippen LogP contribution < -0.4 is 5.73 Å². The van der Waals surface area contributed by atoms with Gasteiger partial charge < -0.3 is 5.73 Å². The van der Waals surface area contributed by atoms with Crippen LogP contribution in [-0.2, 0) is 0 Å². The lowest BCUT2D eigenvalue weighted by Gasteiger charge is -2.14. The van der Waals surface area contributed by atoms with E-state index in [9.17, 15) is 17.6 Å². The third kappa shape index (κ3) is 5.70. The van der Waals surface area contributed by atoms with Gasteiger partial charge in [-0.25, -0.2) is 4.39 Å². The van der Waals surface area contributed by atoms with Crippen LogP contribution in [0, 0.1) is 5.82 Å². The molecule has 0 bridgehead atoms. The molecule has 0 radical (unpaired) electrons. The van der Waals surface area contributed by atoms with Crippen LogP contribution in [0.1, 0.15) is 24.4 Å². The second-order valence-electron chi connectivity index (χ2n) is 3.43. The van der Waals surface area contributed by atoms with Crippen LogP contribution in [0.3, 0.4) is 0 Å². The smallest absolute Gasteiger partial charge is 0.324 e. The maximum Gasteiger partial charge on any atom is 0.389 e. The highest BCUT2D eigenvalue weighted by molar-refractivity contribution is 9.10. The van der Waals surface area contributed by atoms with Gasteiger partial charge in [-0.05, 0) is 18.6 Å². The van der Waals surface area contributed by atoms with E-state index in [0.717, 1.165) is 0 Å². The Bertz CT molecular complexity index is 370. The molecule has 0 fully saturated rings. The van der Waals surface area contributed by atoms with Crippen LogP contribution in [0.4, 0.5) is 17.6 Å². The standard InChI is InChI=1S/C10H10BrF4N.ClH/c11-6-1-2-7(8(12)5-6)9(16)3-4-10(13,14)15;/h1-2,5,9H,3-4,16H2;1H/t9-;/m1./s1. The van der Waals surface area contributed by atoms with E-state index in [2.05, 4.69) is 15.9 Å². The molecule has 7 heteroatoms. The first-order valence-corrected chi connectivity index (χ1v) is 5.36. The summed E-state index contributed by atoms with van der Waals surface area (Å²) in [5, 5.41) is 0. The van der Waals surface area contributed by atoms with Gasteiger partial charge in [0.25, 0.3) is 0 Å². The predicted molar refractivity (Wildman–Crippen MR) is 63.6 cm³/mol. The Morgan fingerprint density at radius 3 is 2.35 bits per heavy atom. The van der Waals surface area contributed by atoms with Gasteiger partial charge in [0.15, 0.2) is 0 Å². The molecule has 2 N–H and O–H groups in total. The van der Waals surface area contributed by atoms with Crippen LogP contribution in [0.5, 0.6) is 0 Å². The molecular formula is C10H11BrClF4N. The minimum Gasteiger partial charge on any atom is -0.324 e. The molecular weight excluding hydrogens is 325 g/mol. The number of alkyl halides is 3. The van der Waals surface area contributed by atoms with Gasteiger partial charge in [0.05, 0.1) is 0 Å². The topological polar surface area (TPSA) is 26.0 Å². The van der Waals surface area contributed by atoms with Crippen LogP contribution in [0.2, 0.25) is 0 Å². The Morgan fingerprint density at radius 1 is 1.29 bits per heavy atom. The van der Waals surface area contributed by atoms with Crippen molar-refractivity contribution in [2.45, 2.75) is 25.1 Å². The first kappa shape index (κ1) is 16.7. The Balaban J connectivity index is 0.00000256. The molecule has 1 aromatic carbocycles. The van der Waals surface area contributed by atoms with Crippen molar-refractivity contribution < 1.29 is 17.6 Å². The summed E-state index contributed by atoms with van der Waals surface area (Å²) < 4.78 is 49.7. The number of hydrogen-bond acceptors (Lipinski definition) is 1. The van der Waals surface area contributed by atoms with Crippen molar-refractivity contribution >= 4 is 28.3 Å². The van der Waals surface area contributed by atoms with E-state index < -0.39 is 24.5 Å². The van der Waals surface area contributed by atoms with Crippen molar-refractivity contribution in [3.63, 3.8) is 0 Å². The normalized spacial score (nSPS) is 13.1. The highest BCUT2D eigenvalue weighted by Gasteiger charge is 2.28. The second-order valence-corrected chi connectivity index (χ2v) is 4.34. The summed E-state index contributed by atoms with van der Waals surface area (Å²) in [4.78, 5) is 0. The van der Waals surface area contributed by atoms with Gasteiger partial charge in [-0.2, -0.15) is 13.2 Å². The second kappa shape index (κ2) is 6.56. The summed E-state index contributed by atoms with van der Waals surface area (Å²) >= 11 is 3.06. The minimum absolute atomic E-state index is 0. The van der Waals surface area contributed by atoms with Crippen LogP contribution in [0.15, 0.2) is 22.7 Å². The van der Waals surface area contributed by atoms with Crippen molar-refractivity contribution in [1.82, 2.24) is 0 Å². The van der Waals surface area contributed by atoms with E-state index in [4.69, 9.17) is 5.73 Å². The summed E-state index contributed by atoms with van der Waals surface area (Å²) in [6, 6.07) is 3.18. The summed E-state index contributed by atoms with van der Waals surface area (Å²) in [7, 11) is 0.